The van der Waals surface area contributed by atoms with E-state index in [9.17, 15) is 0 Å². The molecule has 1 aliphatic heterocycles. The molecule has 1 aromatic heterocycles. The fraction of sp³-hybridized carbons (Fsp3) is 0.333. The largest absolute Gasteiger partial charge is 0.489 e. The number of hydrogen-bond acceptors (Lipinski definition) is 4. The van der Waals surface area contributed by atoms with Crippen LogP contribution in [0.3, 0.4) is 0 Å². The van der Waals surface area contributed by atoms with Gasteiger partial charge in [0.1, 0.15) is 0 Å². The highest BCUT2D eigenvalue weighted by molar-refractivity contribution is 9.10. The minimum Gasteiger partial charge on any atom is -0.489 e. The Morgan fingerprint density at radius 2 is 2.05 bits per heavy atom. The van der Waals surface area contributed by atoms with Crippen molar-refractivity contribution >= 4 is 38.9 Å². The van der Waals surface area contributed by atoms with Crippen LogP contribution in [0.5, 0.6) is 11.5 Å². The number of thiophene rings is 1. The maximum absolute atomic E-state index is 6.28. The van der Waals surface area contributed by atoms with Gasteiger partial charge >= 0.3 is 0 Å². The summed E-state index contributed by atoms with van der Waals surface area (Å²) in [6, 6.07) is 6.06. The third-order valence-corrected chi connectivity index (χ3v) is 5.09. The van der Waals surface area contributed by atoms with Gasteiger partial charge in [-0.1, -0.05) is 11.6 Å². The topological polar surface area (TPSA) is 30.5 Å². The number of halogens is 2. The molecule has 0 bridgehead atoms. The van der Waals surface area contributed by atoms with Crippen LogP contribution in [-0.4, -0.2) is 13.2 Å². The number of hydrogen-bond donors (Lipinski definition) is 1. The van der Waals surface area contributed by atoms with Crippen molar-refractivity contribution in [2.75, 3.05) is 13.2 Å². The average Bonchev–Trinajstić information content (AvgIpc) is 2.73. The van der Waals surface area contributed by atoms with E-state index in [1.807, 2.05) is 12.1 Å². The SMILES string of the molecule is Clc1cc(CNCc2cc(Br)cs2)cc2c1OCCCO2. The Morgan fingerprint density at radius 3 is 2.86 bits per heavy atom. The van der Waals surface area contributed by atoms with Crippen LogP contribution in [0.2, 0.25) is 5.02 Å². The standard InChI is InChI=1S/C15H15BrClNO2S/c16-11-6-12(21-9-11)8-18-7-10-4-13(17)15-14(5-10)19-2-1-3-20-15/h4-6,9,18H,1-3,7-8H2. The summed E-state index contributed by atoms with van der Waals surface area (Å²) in [5, 5.41) is 6.12. The van der Waals surface area contributed by atoms with Crippen LogP contribution in [0.15, 0.2) is 28.1 Å². The van der Waals surface area contributed by atoms with Crippen LogP contribution in [-0.2, 0) is 13.1 Å². The number of fused-ring (bicyclic) bond motifs is 1. The Kier molecular flexibility index (Phi) is 5.06. The molecule has 0 aliphatic carbocycles. The molecule has 2 aromatic rings. The van der Waals surface area contributed by atoms with E-state index in [-0.39, 0.29) is 0 Å². The molecule has 0 spiro atoms. The monoisotopic (exact) mass is 387 g/mol. The molecule has 112 valence electrons. The van der Waals surface area contributed by atoms with Gasteiger partial charge in [0.15, 0.2) is 11.5 Å². The molecule has 3 nitrogen and oxygen atoms in total. The van der Waals surface area contributed by atoms with Gasteiger partial charge < -0.3 is 14.8 Å². The zero-order valence-electron chi connectivity index (χ0n) is 11.3. The molecular formula is C15H15BrClNO2S. The van der Waals surface area contributed by atoms with E-state index in [1.54, 1.807) is 11.3 Å². The van der Waals surface area contributed by atoms with Crippen LogP contribution in [0.4, 0.5) is 0 Å². The molecular weight excluding hydrogens is 374 g/mol. The lowest BCUT2D eigenvalue weighted by atomic mass is 10.2. The summed E-state index contributed by atoms with van der Waals surface area (Å²) >= 11 is 11.5. The van der Waals surface area contributed by atoms with Crippen LogP contribution in [0.25, 0.3) is 0 Å². The van der Waals surface area contributed by atoms with Gasteiger partial charge in [-0.15, -0.1) is 11.3 Å². The molecule has 0 amide bonds. The molecule has 1 aromatic carbocycles. The quantitative estimate of drug-likeness (QED) is 0.829. The molecule has 1 aliphatic rings. The molecule has 0 unspecified atom stereocenters. The van der Waals surface area contributed by atoms with Crippen molar-refractivity contribution in [3.05, 3.63) is 43.5 Å². The molecule has 21 heavy (non-hydrogen) atoms. The molecule has 0 atom stereocenters. The minimum atomic E-state index is 0.616. The summed E-state index contributed by atoms with van der Waals surface area (Å²) in [7, 11) is 0. The molecule has 6 heteroatoms. The maximum Gasteiger partial charge on any atom is 0.179 e. The molecule has 0 fully saturated rings. The second-order valence-electron chi connectivity index (χ2n) is 4.79. The summed E-state index contributed by atoms with van der Waals surface area (Å²) < 4.78 is 12.5. The normalized spacial score (nSPS) is 14.0. The molecule has 0 radical (unpaired) electrons. The molecule has 1 N–H and O–H groups in total. The minimum absolute atomic E-state index is 0.616. The third-order valence-electron chi connectivity index (χ3n) is 3.11. The fourth-order valence-corrected chi connectivity index (χ4v) is 3.87. The molecule has 0 saturated heterocycles. The lowest BCUT2D eigenvalue weighted by Crippen LogP contribution is -2.12. The van der Waals surface area contributed by atoms with E-state index < -0.39 is 0 Å². The third kappa shape index (κ3) is 3.92. The number of nitrogens with one attached hydrogen (secondary N) is 1. The second kappa shape index (κ2) is 7.01. The first-order valence-corrected chi connectivity index (χ1v) is 8.79. The van der Waals surface area contributed by atoms with Crippen molar-refractivity contribution in [1.82, 2.24) is 5.32 Å². The lowest BCUT2D eigenvalue weighted by molar-refractivity contribution is 0.297. The first-order valence-electron chi connectivity index (χ1n) is 6.74. The Bertz CT molecular complexity index is 632. The maximum atomic E-state index is 6.28. The van der Waals surface area contributed by atoms with Crippen molar-refractivity contribution in [3.63, 3.8) is 0 Å². The second-order valence-corrected chi connectivity index (χ2v) is 7.11. The number of benzene rings is 1. The van der Waals surface area contributed by atoms with Gasteiger partial charge in [0.05, 0.1) is 18.2 Å². The van der Waals surface area contributed by atoms with E-state index in [1.165, 1.54) is 4.88 Å². The van der Waals surface area contributed by atoms with E-state index >= 15 is 0 Å². The molecule has 2 heterocycles. The van der Waals surface area contributed by atoms with Crippen LogP contribution in [0.1, 0.15) is 16.9 Å². The van der Waals surface area contributed by atoms with Gasteiger partial charge in [-0.05, 0) is 39.7 Å². The zero-order valence-corrected chi connectivity index (χ0v) is 14.5. The zero-order chi connectivity index (χ0) is 14.7. The highest BCUT2D eigenvalue weighted by Gasteiger charge is 2.15. The van der Waals surface area contributed by atoms with Crippen molar-refractivity contribution in [2.24, 2.45) is 0 Å². The van der Waals surface area contributed by atoms with Crippen molar-refractivity contribution in [2.45, 2.75) is 19.5 Å². The Hall–Kier alpha value is -0.750. The smallest absolute Gasteiger partial charge is 0.179 e. The highest BCUT2D eigenvalue weighted by Crippen LogP contribution is 2.37. The van der Waals surface area contributed by atoms with Crippen molar-refractivity contribution in [3.8, 4) is 11.5 Å². The van der Waals surface area contributed by atoms with Gasteiger partial charge in [-0.25, -0.2) is 0 Å². The summed E-state index contributed by atoms with van der Waals surface area (Å²) in [4.78, 5) is 1.29. The summed E-state index contributed by atoms with van der Waals surface area (Å²) in [5.74, 6) is 1.41. The van der Waals surface area contributed by atoms with Gasteiger partial charge in [-0.2, -0.15) is 0 Å². The van der Waals surface area contributed by atoms with Gasteiger partial charge in [0, 0.05) is 34.2 Å². The fourth-order valence-electron chi connectivity index (χ4n) is 2.16. The van der Waals surface area contributed by atoms with E-state index in [0.717, 1.165) is 35.3 Å². The van der Waals surface area contributed by atoms with E-state index in [2.05, 4.69) is 32.7 Å². The Labute approximate surface area is 141 Å². The van der Waals surface area contributed by atoms with Crippen LogP contribution < -0.4 is 14.8 Å². The first-order chi connectivity index (χ1) is 10.2. The predicted molar refractivity (Wildman–Crippen MR) is 89.6 cm³/mol. The predicted octanol–water partition coefficient (Wildman–Crippen LogP) is 4.62. The first kappa shape index (κ1) is 15.2. The Morgan fingerprint density at radius 1 is 1.19 bits per heavy atom. The molecule has 3 rings (SSSR count). The van der Waals surface area contributed by atoms with Gasteiger partial charge in [-0.3, -0.25) is 0 Å². The summed E-state index contributed by atoms with van der Waals surface area (Å²) in [6.45, 7) is 2.90. The summed E-state index contributed by atoms with van der Waals surface area (Å²) in [6.07, 6.45) is 0.881. The summed E-state index contributed by atoms with van der Waals surface area (Å²) in [5.41, 5.74) is 1.10. The van der Waals surface area contributed by atoms with Gasteiger partial charge in [0.2, 0.25) is 0 Å². The average molecular weight is 389 g/mol. The van der Waals surface area contributed by atoms with Crippen molar-refractivity contribution in [1.29, 1.82) is 0 Å². The highest BCUT2D eigenvalue weighted by atomic mass is 79.9. The van der Waals surface area contributed by atoms with Crippen LogP contribution >= 0.6 is 38.9 Å². The Balaban J connectivity index is 1.65. The lowest BCUT2D eigenvalue weighted by Gasteiger charge is -2.12. The van der Waals surface area contributed by atoms with E-state index in [0.29, 0.717) is 24.0 Å². The van der Waals surface area contributed by atoms with Crippen LogP contribution in [0, 0.1) is 0 Å². The molecule has 0 saturated carbocycles. The van der Waals surface area contributed by atoms with E-state index in [4.69, 9.17) is 21.1 Å². The number of ether oxygens (including phenoxy) is 2. The van der Waals surface area contributed by atoms with Gasteiger partial charge in [0.25, 0.3) is 0 Å². The number of rotatable bonds is 4. The van der Waals surface area contributed by atoms with Crippen molar-refractivity contribution < 1.29 is 9.47 Å².